The van der Waals surface area contributed by atoms with Crippen molar-refractivity contribution in [1.82, 2.24) is 4.90 Å². The number of anilines is 1. The summed E-state index contributed by atoms with van der Waals surface area (Å²) in [4.78, 5) is 26.5. The number of alkyl halides is 2. The lowest BCUT2D eigenvalue weighted by Gasteiger charge is -2.36. The zero-order valence-electron chi connectivity index (χ0n) is 14.3. The maximum atomic E-state index is 12.7. The maximum Gasteiger partial charge on any atom is 0.387 e. The van der Waals surface area contributed by atoms with Gasteiger partial charge in [0.1, 0.15) is 5.75 Å². The highest BCUT2D eigenvalue weighted by Gasteiger charge is 2.25. The van der Waals surface area contributed by atoms with E-state index in [2.05, 4.69) is 4.74 Å². The van der Waals surface area contributed by atoms with Crippen molar-refractivity contribution in [2.45, 2.75) is 6.61 Å². The van der Waals surface area contributed by atoms with E-state index in [0.29, 0.717) is 26.2 Å². The minimum atomic E-state index is -3.00. The lowest BCUT2D eigenvalue weighted by atomic mass is 10.1. The molecule has 1 amide bonds. The molecule has 1 heterocycles. The van der Waals surface area contributed by atoms with Gasteiger partial charge in [0.05, 0.1) is 10.5 Å². The molecule has 1 aliphatic rings. The average molecular weight is 377 g/mol. The van der Waals surface area contributed by atoms with Crippen LogP contribution in [-0.4, -0.2) is 48.5 Å². The first-order chi connectivity index (χ1) is 13.0. The molecule has 0 unspecified atom stereocenters. The van der Waals surface area contributed by atoms with Crippen LogP contribution in [0.3, 0.4) is 0 Å². The monoisotopic (exact) mass is 377 g/mol. The summed E-state index contributed by atoms with van der Waals surface area (Å²) in [5.74, 6) is -0.509. The molecule has 0 spiro atoms. The fraction of sp³-hybridized carbons (Fsp3) is 0.278. The van der Waals surface area contributed by atoms with E-state index in [4.69, 9.17) is 0 Å². The van der Waals surface area contributed by atoms with Crippen molar-refractivity contribution in [1.29, 1.82) is 0 Å². The van der Waals surface area contributed by atoms with E-state index in [1.54, 1.807) is 23.1 Å². The van der Waals surface area contributed by atoms with Crippen molar-refractivity contribution in [3.8, 4) is 5.75 Å². The number of amides is 1. The Hall–Kier alpha value is -3.23. The number of hydrogen-bond donors (Lipinski definition) is 0. The second-order valence-electron chi connectivity index (χ2n) is 5.93. The minimum Gasteiger partial charge on any atom is -0.434 e. The zero-order valence-corrected chi connectivity index (χ0v) is 14.3. The van der Waals surface area contributed by atoms with Crippen LogP contribution in [0.2, 0.25) is 0 Å². The minimum absolute atomic E-state index is 0.0169. The van der Waals surface area contributed by atoms with Crippen LogP contribution >= 0.6 is 0 Å². The molecule has 1 saturated heterocycles. The number of nitro groups is 1. The van der Waals surface area contributed by atoms with Gasteiger partial charge in [-0.25, -0.2) is 0 Å². The van der Waals surface area contributed by atoms with Crippen LogP contribution in [-0.2, 0) is 0 Å². The average Bonchev–Trinajstić information content (AvgIpc) is 2.68. The number of ether oxygens (including phenoxy) is 1. The van der Waals surface area contributed by atoms with Crippen molar-refractivity contribution in [3.05, 3.63) is 64.2 Å². The molecular formula is C18H17F2N3O4. The smallest absolute Gasteiger partial charge is 0.387 e. The van der Waals surface area contributed by atoms with Crippen molar-refractivity contribution in [3.63, 3.8) is 0 Å². The van der Waals surface area contributed by atoms with Crippen LogP contribution in [0.5, 0.6) is 5.75 Å². The largest absolute Gasteiger partial charge is 0.434 e. The molecule has 1 fully saturated rings. The fourth-order valence-electron chi connectivity index (χ4n) is 2.97. The number of nitro benzene ring substituents is 1. The van der Waals surface area contributed by atoms with Crippen LogP contribution in [0.4, 0.5) is 20.2 Å². The topological polar surface area (TPSA) is 75.9 Å². The summed E-state index contributed by atoms with van der Waals surface area (Å²) in [7, 11) is 0. The molecule has 3 rings (SSSR count). The number of rotatable bonds is 5. The summed E-state index contributed by atoms with van der Waals surface area (Å²) in [6, 6.07) is 12.1. The third kappa shape index (κ3) is 4.30. The molecule has 27 heavy (non-hydrogen) atoms. The molecule has 0 radical (unpaired) electrons. The Labute approximate surface area is 153 Å². The van der Waals surface area contributed by atoms with Crippen LogP contribution < -0.4 is 9.64 Å². The molecule has 0 N–H and O–H groups in total. The summed E-state index contributed by atoms with van der Waals surface area (Å²) >= 11 is 0. The van der Waals surface area contributed by atoms with Gasteiger partial charge in [0, 0.05) is 44.0 Å². The Morgan fingerprint density at radius 1 is 1.04 bits per heavy atom. The van der Waals surface area contributed by atoms with Crippen molar-refractivity contribution < 1.29 is 23.2 Å². The lowest BCUT2D eigenvalue weighted by Crippen LogP contribution is -2.48. The van der Waals surface area contributed by atoms with E-state index in [1.165, 1.54) is 30.3 Å². The number of para-hydroxylation sites is 1. The van der Waals surface area contributed by atoms with E-state index in [0.717, 1.165) is 5.69 Å². The Balaban J connectivity index is 1.65. The molecule has 142 valence electrons. The lowest BCUT2D eigenvalue weighted by molar-refractivity contribution is -0.384. The number of halogens is 2. The second kappa shape index (κ2) is 7.98. The van der Waals surface area contributed by atoms with Crippen LogP contribution in [0, 0.1) is 10.1 Å². The summed E-state index contributed by atoms with van der Waals surface area (Å²) in [6.07, 6.45) is 0. The summed E-state index contributed by atoms with van der Waals surface area (Å²) in [6.45, 7) is -1.14. The van der Waals surface area contributed by atoms with Gasteiger partial charge in [0.25, 0.3) is 11.6 Å². The van der Waals surface area contributed by atoms with E-state index in [9.17, 15) is 23.7 Å². The molecule has 0 atom stereocenters. The SMILES string of the molecule is O=C(c1ccccc1OC(F)F)N1CCN(c2ccc([N+](=O)[O-])cc2)CC1. The van der Waals surface area contributed by atoms with E-state index in [1.807, 2.05) is 4.90 Å². The Kier molecular flexibility index (Phi) is 5.49. The molecule has 0 bridgehead atoms. The van der Waals surface area contributed by atoms with Crippen molar-refractivity contribution in [2.75, 3.05) is 31.1 Å². The highest BCUT2D eigenvalue weighted by atomic mass is 19.3. The number of nitrogens with zero attached hydrogens (tertiary/aromatic N) is 3. The van der Waals surface area contributed by atoms with E-state index in [-0.39, 0.29) is 22.9 Å². The Bertz CT molecular complexity index is 822. The third-order valence-electron chi connectivity index (χ3n) is 4.33. The molecule has 1 aliphatic heterocycles. The predicted octanol–water partition coefficient (Wildman–Crippen LogP) is 3.16. The van der Waals surface area contributed by atoms with Gasteiger partial charge in [-0.2, -0.15) is 8.78 Å². The highest BCUT2D eigenvalue weighted by Crippen LogP contribution is 2.24. The van der Waals surface area contributed by atoms with Crippen LogP contribution in [0.1, 0.15) is 10.4 Å². The van der Waals surface area contributed by atoms with Crippen LogP contribution in [0.15, 0.2) is 48.5 Å². The van der Waals surface area contributed by atoms with Crippen molar-refractivity contribution >= 4 is 17.3 Å². The van der Waals surface area contributed by atoms with Crippen molar-refractivity contribution in [2.24, 2.45) is 0 Å². The first-order valence-corrected chi connectivity index (χ1v) is 8.28. The zero-order chi connectivity index (χ0) is 19.4. The quantitative estimate of drug-likeness (QED) is 0.591. The molecule has 9 heteroatoms. The van der Waals surface area contributed by atoms with Gasteiger partial charge >= 0.3 is 6.61 Å². The van der Waals surface area contributed by atoms with Gasteiger partial charge in [-0.3, -0.25) is 14.9 Å². The number of carbonyl (C=O) groups excluding carboxylic acids is 1. The predicted molar refractivity (Wildman–Crippen MR) is 94.3 cm³/mol. The molecule has 2 aromatic carbocycles. The van der Waals surface area contributed by atoms with Gasteiger partial charge in [-0.1, -0.05) is 12.1 Å². The molecule has 2 aromatic rings. The van der Waals surface area contributed by atoms with E-state index >= 15 is 0 Å². The van der Waals surface area contributed by atoms with E-state index < -0.39 is 11.5 Å². The molecule has 0 aliphatic carbocycles. The Morgan fingerprint density at radius 3 is 2.26 bits per heavy atom. The number of benzene rings is 2. The van der Waals surface area contributed by atoms with Gasteiger partial charge in [-0.15, -0.1) is 0 Å². The molecule has 0 saturated carbocycles. The third-order valence-corrected chi connectivity index (χ3v) is 4.33. The number of hydrogen-bond acceptors (Lipinski definition) is 5. The highest BCUT2D eigenvalue weighted by molar-refractivity contribution is 5.97. The number of carbonyl (C=O) groups is 1. The molecule has 0 aromatic heterocycles. The second-order valence-corrected chi connectivity index (χ2v) is 5.93. The van der Waals surface area contributed by atoms with Gasteiger partial charge in [0.2, 0.25) is 0 Å². The van der Waals surface area contributed by atoms with Crippen LogP contribution in [0.25, 0.3) is 0 Å². The summed E-state index contributed by atoms with van der Waals surface area (Å²) < 4.78 is 29.5. The first kappa shape index (κ1) is 18.6. The van der Waals surface area contributed by atoms with Gasteiger partial charge in [0.15, 0.2) is 0 Å². The molecular weight excluding hydrogens is 360 g/mol. The first-order valence-electron chi connectivity index (χ1n) is 8.28. The van der Waals surface area contributed by atoms with Gasteiger partial charge in [-0.05, 0) is 24.3 Å². The number of piperazine rings is 1. The standard InChI is InChI=1S/C18H17F2N3O4/c19-18(20)27-16-4-2-1-3-15(16)17(24)22-11-9-21(10-12-22)13-5-7-14(8-6-13)23(25)26/h1-8,18H,9-12H2. The number of non-ortho nitro benzene ring substituents is 1. The van der Waals surface area contributed by atoms with Gasteiger partial charge < -0.3 is 14.5 Å². The maximum absolute atomic E-state index is 12.7. The normalized spacial score (nSPS) is 14.3. The summed E-state index contributed by atoms with van der Waals surface area (Å²) in [5, 5.41) is 10.7. The Morgan fingerprint density at radius 2 is 1.67 bits per heavy atom. The molecule has 7 nitrogen and oxygen atoms in total. The fourth-order valence-corrected chi connectivity index (χ4v) is 2.97. The summed E-state index contributed by atoms with van der Waals surface area (Å²) in [5.41, 5.74) is 0.943.